The monoisotopic (exact) mass is 293 g/mol. The zero-order chi connectivity index (χ0) is 15.4. The van der Waals surface area contributed by atoms with Crippen LogP contribution in [0.15, 0.2) is 16.5 Å². The zero-order valence-electron chi connectivity index (χ0n) is 13.0. The molecular weight excluding hydrogens is 266 g/mol. The van der Waals surface area contributed by atoms with Crippen molar-refractivity contribution < 1.29 is 9.21 Å². The minimum atomic E-state index is -0.307. The van der Waals surface area contributed by atoms with E-state index >= 15 is 0 Å². The summed E-state index contributed by atoms with van der Waals surface area (Å²) in [5.41, 5.74) is 11.8. The fraction of sp³-hybridized carbons (Fsp3) is 0.688. The number of hydrogen-bond donors (Lipinski definition) is 2. The molecule has 4 N–H and O–H groups in total. The molecule has 1 amide bonds. The van der Waals surface area contributed by atoms with Gasteiger partial charge in [-0.05, 0) is 38.3 Å². The van der Waals surface area contributed by atoms with E-state index in [2.05, 4.69) is 11.8 Å². The fourth-order valence-corrected chi connectivity index (χ4v) is 3.33. The lowest BCUT2D eigenvalue weighted by Crippen LogP contribution is -2.48. The number of furan rings is 1. The summed E-state index contributed by atoms with van der Waals surface area (Å²) in [6.07, 6.45) is 5.42. The van der Waals surface area contributed by atoms with Crippen molar-refractivity contribution in [1.82, 2.24) is 4.90 Å². The Bertz CT molecular complexity index is 466. The van der Waals surface area contributed by atoms with E-state index in [0.717, 1.165) is 30.8 Å². The molecule has 1 aromatic heterocycles. The maximum atomic E-state index is 11.5. The molecule has 0 spiro atoms. The van der Waals surface area contributed by atoms with E-state index in [9.17, 15) is 4.79 Å². The van der Waals surface area contributed by atoms with Gasteiger partial charge in [-0.1, -0.05) is 19.8 Å². The van der Waals surface area contributed by atoms with Crippen LogP contribution in [0, 0.1) is 6.92 Å². The summed E-state index contributed by atoms with van der Waals surface area (Å²) >= 11 is 0. The Morgan fingerprint density at radius 2 is 2.10 bits per heavy atom. The summed E-state index contributed by atoms with van der Waals surface area (Å²) < 4.78 is 5.82. The van der Waals surface area contributed by atoms with E-state index in [1.165, 1.54) is 12.8 Å². The Hall–Kier alpha value is -1.33. The molecule has 1 aliphatic rings. The molecule has 0 saturated heterocycles. The predicted octanol–water partition coefficient (Wildman–Crippen LogP) is 2.10. The maximum absolute atomic E-state index is 11.5. The second-order valence-electron chi connectivity index (χ2n) is 6.04. The third-order valence-electron chi connectivity index (χ3n) is 4.42. The third kappa shape index (κ3) is 3.86. The first-order valence-corrected chi connectivity index (χ1v) is 7.89. The standard InChI is InChI=1S/C16H27N3O2/c1-3-13(17)16(14-9-8-11(2)21-14)19(10-15(18)20)12-6-4-5-7-12/h8-9,12-13,16H,3-7,10,17H2,1-2H3,(H2,18,20). The highest BCUT2D eigenvalue weighted by molar-refractivity contribution is 5.76. The van der Waals surface area contributed by atoms with E-state index in [4.69, 9.17) is 15.9 Å². The van der Waals surface area contributed by atoms with E-state index < -0.39 is 0 Å². The van der Waals surface area contributed by atoms with Crippen LogP contribution in [0.1, 0.15) is 56.6 Å². The van der Waals surface area contributed by atoms with Crippen LogP contribution in [0.4, 0.5) is 0 Å². The van der Waals surface area contributed by atoms with E-state index in [1.807, 2.05) is 19.1 Å². The van der Waals surface area contributed by atoms with Crippen LogP contribution in [0.5, 0.6) is 0 Å². The molecule has 1 saturated carbocycles. The van der Waals surface area contributed by atoms with Crippen molar-refractivity contribution in [3.63, 3.8) is 0 Å². The van der Waals surface area contributed by atoms with Gasteiger partial charge in [0.2, 0.25) is 5.91 Å². The van der Waals surface area contributed by atoms with Gasteiger partial charge >= 0.3 is 0 Å². The Balaban J connectivity index is 2.31. The lowest BCUT2D eigenvalue weighted by atomic mass is 9.99. The normalized spacial score (nSPS) is 19.0. The quantitative estimate of drug-likeness (QED) is 0.806. The van der Waals surface area contributed by atoms with Gasteiger partial charge in [-0.25, -0.2) is 0 Å². The summed E-state index contributed by atoms with van der Waals surface area (Å²) in [5.74, 6) is 1.40. The molecule has 0 aliphatic heterocycles. The molecule has 2 atom stereocenters. The van der Waals surface area contributed by atoms with E-state index in [1.54, 1.807) is 0 Å². The molecule has 0 bridgehead atoms. The van der Waals surface area contributed by atoms with Crippen LogP contribution < -0.4 is 11.5 Å². The Kier molecular flexibility index (Phi) is 5.42. The summed E-state index contributed by atoms with van der Waals surface area (Å²) in [4.78, 5) is 13.7. The molecule has 2 rings (SSSR count). The van der Waals surface area contributed by atoms with Gasteiger partial charge in [0, 0.05) is 12.1 Å². The average molecular weight is 293 g/mol. The number of aryl methyl sites for hydroxylation is 1. The molecule has 0 aromatic carbocycles. The topological polar surface area (TPSA) is 85.5 Å². The van der Waals surface area contributed by atoms with Gasteiger partial charge in [0.1, 0.15) is 11.5 Å². The lowest BCUT2D eigenvalue weighted by Gasteiger charge is -2.37. The molecule has 0 radical (unpaired) electrons. The summed E-state index contributed by atoms with van der Waals surface area (Å²) in [7, 11) is 0. The van der Waals surface area contributed by atoms with Crippen molar-refractivity contribution in [1.29, 1.82) is 0 Å². The number of hydrogen-bond acceptors (Lipinski definition) is 4. The molecule has 118 valence electrons. The SMILES string of the molecule is CCC(N)C(c1ccc(C)o1)N(CC(N)=O)C1CCCC1. The smallest absolute Gasteiger partial charge is 0.231 e. The molecular formula is C16H27N3O2. The summed E-state index contributed by atoms with van der Waals surface area (Å²) in [6.45, 7) is 4.22. The van der Waals surface area contributed by atoms with Crippen molar-refractivity contribution in [3.05, 3.63) is 23.7 Å². The summed E-state index contributed by atoms with van der Waals surface area (Å²) in [5, 5.41) is 0. The zero-order valence-corrected chi connectivity index (χ0v) is 13.0. The molecule has 21 heavy (non-hydrogen) atoms. The predicted molar refractivity (Wildman–Crippen MR) is 82.6 cm³/mol. The number of nitrogens with two attached hydrogens (primary N) is 2. The van der Waals surface area contributed by atoms with Gasteiger partial charge in [0.15, 0.2) is 0 Å². The molecule has 1 heterocycles. The number of rotatable bonds is 7. The highest BCUT2D eigenvalue weighted by Gasteiger charge is 2.35. The Morgan fingerprint density at radius 3 is 2.57 bits per heavy atom. The molecule has 5 nitrogen and oxygen atoms in total. The van der Waals surface area contributed by atoms with Crippen LogP contribution in [0.25, 0.3) is 0 Å². The highest BCUT2D eigenvalue weighted by Crippen LogP contribution is 2.33. The minimum absolute atomic E-state index is 0.0736. The van der Waals surface area contributed by atoms with Gasteiger partial charge in [-0.3, -0.25) is 9.69 Å². The lowest BCUT2D eigenvalue weighted by molar-refractivity contribution is -0.120. The van der Waals surface area contributed by atoms with Crippen molar-refractivity contribution in [2.75, 3.05) is 6.54 Å². The van der Waals surface area contributed by atoms with Gasteiger partial charge in [-0.15, -0.1) is 0 Å². The van der Waals surface area contributed by atoms with E-state index in [0.29, 0.717) is 6.04 Å². The first kappa shape index (κ1) is 16.0. The highest BCUT2D eigenvalue weighted by atomic mass is 16.3. The van der Waals surface area contributed by atoms with Crippen molar-refractivity contribution in [2.24, 2.45) is 11.5 Å². The van der Waals surface area contributed by atoms with Gasteiger partial charge in [0.25, 0.3) is 0 Å². The summed E-state index contributed by atoms with van der Waals surface area (Å²) in [6, 6.07) is 4.13. The molecule has 2 unspecified atom stereocenters. The number of amides is 1. The van der Waals surface area contributed by atoms with Crippen LogP contribution in [0.3, 0.4) is 0 Å². The number of primary amides is 1. The number of nitrogens with zero attached hydrogens (tertiary/aromatic N) is 1. The van der Waals surface area contributed by atoms with Gasteiger partial charge in [-0.2, -0.15) is 0 Å². The Labute approximate surface area is 126 Å². The van der Waals surface area contributed by atoms with Crippen LogP contribution in [0.2, 0.25) is 0 Å². The van der Waals surface area contributed by atoms with E-state index in [-0.39, 0.29) is 24.5 Å². The molecule has 5 heteroatoms. The second kappa shape index (κ2) is 7.09. The van der Waals surface area contributed by atoms with Crippen molar-refractivity contribution in [3.8, 4) is 0 Å². The number of carbonyl (C=O) groups is 1. The second-order valence-corrected chi connectivity index (χ2v) is 6.04. The van der Waals surface area contributed by atoms with Crippen LogP contribution in [-0.4, -0.2) is 29.4 Å². The third-order valence-corrected chi connectivity index (χ3v) is 4.42. The van der Waals surface area contributed by atoms with Gasteiger partial charge in [0.05, 0.1) is 12.6 Å². The first-order valence-electron chi connectivity index (χ1n) is 7.89. The van der Waals surface area contributed by atoms with Crippen LogP contribution in [-0.2, 0) is 4.79 Å². The number of carbonyl (C=O) groups excluding carboxylic acids is 1. The minimum Gasteiger partial charge on any atom is -0.465 e. The van der Waals surface area contributed by atoms with Crippen molar-refractivity contribution in [2.45, 2.75) is 64.1 Å². The van der Waals surface area contributed by atoms with Crippen LogP contribution >= 0.6 is 0 Å². The first-order chi connectivity index (χ1) is 10.0. The largest absolute Gasteiger partial charge is 0.465 e. The van der Waals surface area contributed by atoms with Crippen molar-refractivity contribution >= 4 is 5.91 Å². The molecule has 1 aromatic rings. The average Bonchev–Trinajstić information content (AvgIpc) is 3.09. The molecule has 1 fully saturated rings. The van der Waals surface area contributed by atoms with Gasteiger partial charge < -0.3 is 15.9 Å². The molecule has 1 aliphatic carbocycles. The Morgan fingerprint density at radius 1 is 1.43 bits per heavy atom. The maximum Gasteiger partial charge on any atom is 0.231 e. The fourth-order valence-electron chi connectivity index (χ4n) is 3.33.